The normalized spacial score (nSPS) is 37.0. The van der Waals surface area contributed by atoms with E-state index in [9.17, 15) is 39.5 Å². The fourth-order valence-corrected chi connectivity index (χ4v) is 2.70. The third-order valence-electron chi connectivity index (χ3n) is 3.87. The van der Waals surface area contributed by atoms with Gasteiger partial charge >= 0.3 is 12.0 Å². The molecule has 1 rings (SSSR count). The summed E-state index contributed by atoms with van der Waals surface area (Å²) in [4.78, 5) is 0. The Kier molecular flexibility index (Phi) is 4.31. The Labute approximate surface area is 114 Å². The lowest BCUT2D eigenvalue weighted by Crippen LogP contribution is -2.65. The molecule has 1 aliphatic rings. The van der Waals surface area contributed by atoms with Crippen LogP contribution < -0.4 is 0 Å². The molecule has 0 aromatic carbocycles. The number of hydrogen-bond acceptors (Lipinski definition) is 1. The van der Waals surface area contributed by atoms with Gasteiger partial charge in [0.25, 0.3) is 11.6 Å². The highest BCUT2D eigenvalue weighted by Crippen LogP contribution is 2.67. The quantitative estimate of drug-likeness (QED) is 0.666. The Balaban J connectivity index is 3.49. The average molecular weight is 332 g/mol. The van der Waals surface area contributed by atoms with Crippen molar-refractivity contribution in [1.82, 2.24) is 0 Å². The molecule has 0 bridgehead atoms. The van der Waals surface area contributed by atoms with Crippen LogP contribution in [0.4, 0.5) is 39.5 Å². The molecule has 0 aliphatic heterocycles. The molecule has 10 heteroatoms. The minimum Gasteiger partial charge on any atom is -0.286 e. The minimum absolute atomic E-state index is 0.247. The van der Waals surface area contributed by atoms with Gasteiger partial charge in [-0.15, -0.1) is 0 Å². The first-order chi connectivity index (χ1) is 9.23. The second-order valence-corrected chi connectivity index (χ2v) is 5.06. The second-order valence-electron chi connectivity index (χ2n) is 5.06. The van der Waals surface area contributed by atoms with Crippen LogP contribution in [0.5, 0.6) is 0 Å². The predicted molar refractivity (Wildman–Crippen MR) is 53.7 cm³/mol. The van der Waals surface area contributed by atoms with E-state index in [1.165, 1.54) is 0 Å². The Morgan fingerprint density at radius 3 is 1.86 bits per heavy atom. The molecule has 21 heavy (non-hydrogen) atoms. The SMILES string of the molecule is CCC1CC(F)(C(F)(F)OCF)C(F)(F)C1(F)C(C)(F)F. The highest BCUT2D eigenvalue weighted by Gasteiger charge is 2.89. The molecule has 0 aromatic heterocycles. The van der Waals surface area contributed by atoms with Gasteiger partial charge in [0.05, 0.1) is 0 Å². The fraction of sp³-hybridized carbons (Fsp3) is 1.00. The van der Waals surface area contributed by atoms with E-state index < -0.39 is 54.9 Å². The minimum atomic E-state index is -5.78. The van der Waals surface area contributed by atoms with Crippen LogP contribution >= 0.6 is 0 Å². The largest absolute Gasteiger partial charge is 0.398 e. The van der Waals surface area contributed by atoms with Crippen LogP contribution in [0, 0.1) is 5.92 Å². The summed E-state index contributed by atoms with van der Waals surface area (Å²) in [6.07, 6.45) is -8.13. The van der Waals surface area contributed by atoms with Gasteiger partial charge in [-0.1, -0.05) is 6.92 Å². The summed E-state index contributed by atoms with van der Waals surface area (Å²) in [7, 11) is 0. The van der Waals surface area contributed by atoms with E-state index in [1.807, 2.05) is 0 Å². The number of alkyl halides is 9. The Morgan fingerprint density at radius 2 is 1.57 bits per heavy atom. The van der Waals surface area contributed by atoms with E-state index in [4.69, 9.17) is 0 Å². The van der Waals surface area contributed by atoms with Crippen molar-refractivity contribution in [2.45, 2.75) is 56.0 Å². The molecule has 1 aliphatic carbocycles. The lowest BCUT2D eigenvalue weighted by molar-refractivity contribution is -0.376. The van der Waals surface area contributed by atoms with Crippen molar-refractivity contribution in [2.75, 3.05) is 6.86 Å². The van der Waals surface area contributed by atoms with Crippen LogP contribution in [-0.2, 0) is 4.74 Å². The predicted octanol–water partition coefficient (Wildman–Crippen LogP) is 4.66. The molecule has 1 fully saturated rings. The van der Waals surface area contributed by atoms with Gasteiger partial charge in [-0.05, 0) is 6.42 Å². The van der Waals surface area contributed by atoms with Crippen molar-refractivity contribution in [1.29, 1.82) is 0 Å². The highest BCUT2D eigenvalue weighted by molar-refractivity contribution is 5.23. The number of ether oxygens (including phenoxy) is 1. The van der Waals surface area contributed by atoms with Gasteiger partial charge in [-0.25, -0.2) is 22.0 Å². The van der Waals surface area contributed by atoms with E-state index in [0.29, 0.717) is 0 Å². The summed E-state index contributed by atoms with van der Waals surface area (Å²) in [6, 6.07) is 0. The molecule has 3 unspecified atom stereocenters. The van der Waals surface area contributed by atoms with Gasteiger partial charge in [0, 0.05) is 19.3 Å². The van der Waals surface area contributed by atoms with Crippen LogP contribution in [0.15, 0.2) is 0 Å². The van der Waals surface area contributed by atoms with Crippen molar-refractivity contribution in [2.24, 2.45) is 5.92 Å². The van der Waals surface area contributed by atoms with Crippen molar-refractivity contribution >= 4 is 0 Å². The zero-order valence-electron chi connectivity index (χ0n) is 11.0. The Hall–Kier alpha value is -0.670. The molecular formula is C11H13F9O. The monoisotopic (exact) mass is 332 g/mol. The first kappa shape index (κ1) is 18.4. The zero-order valence-corrected chi connectivity index (χ0v) is 11.0. The van der Waals surface area contributed by atoms with Gasteiger partial charge in [0.15, 0.2) is 6.86 Å². The summed E-state index contributed by atoms with van der Waals surface area (Å²) < 4.78 is 124. The Bertz CT molecular complexity index is 394. The number of hydrogen-bond donors (Lipinski definition) is 0. The second kappa shape index (κ2) is 4.92. The van der Waals surface area contributed by atoms with Gasteiger partial charge in [0.1, 0.15) is 0 Å². The van der Waals surface area contributed by atoms with Crippen molar-refractivity contribution < 1.29 is 44.3 Å². The molecule has 126 valence electrons. The van der Waals surface area contributed by atoms with E-state index in [1.54, 1.807) is 0 Å². The first-order valence-corrected chi connectivity index (χ1v) is 5.94. The summed E-state index contributed by atoms with van der Waals surface area (Å²) >= 11 is 0. The molecule has 0 amide bonds. The third-order valence-corrected chi connectivity index (χ3v) is 3.87. The molecule has 0 radical (unpaired) electrons. The van der Waals surface area contributed by atoms with Crippen LogP contribution in [0.1, 0.15) is 26.7 Å². The van der Waals surface area contributed by atoms with Crippen LogP contribution in [-0.4, -0.2) is 36.2 Å². The molecule has 3 atom stereocenters. The van der Waals surface area contributed by atoms with E-state index in [0.717, 1.165) is 6.92 Å². The molecule has 1 nitrogen and oxygen atoms in total. The molecule has 1 saturated carbocycles. The maximum absolute atomic E-state index is 14.3. The lowest BCUT2D eigenvalue weighted by Gasteiger charge is -2.40. The summed E-state index contributed by atoms with van der Waals surface area (Å²) in [6.45, 7) is -1.61. The highest BCUT2D eigenvalue weighted by atomic mass is 19.3. The standard InChI is InChI=1S/C11H13F9O/c1-3-6-4-8(15,11(19,20)21-5-12)10(17,18)9(6,16)7(2,13)14/h6H,3-5H2,1-2H3. The maximum Gasteiger partial charge on any atom is 0.398 e. The molecule has 0 saturated heterocycles. The van der Waals surface area contributed by atoms with E-state index >= 15 is 0 Å². The summed E-state index contributed by atoms with van der Waals surface area (Å²) in [5.74, 6) is -13.0. The molecular weight excluding hydrogens is 319 g/mol. The number of rotatable bonds is 5. The maximum atomic E-state index is 14.3. The molecule has 0 aromatic rings. The lowest BCUT2D eigenvalue weighted by atomic mass is 9.83. The van der Waals surface area contributed by atoms with E-state index in [2.05, 4.69) is 4.74 Å². The van der Waals surface area contributed by atoms with Crippen molar-refractivity contribution in [3.05, 3.63) is 0 Å². The smallest absolute Gasteiger partial charge is 0.286 e. The van der Waals surface area contributed by atoms with Crippen molar-refractivity contribution in [3.8, 4) is 0 Å². The molecule has 0 N–H and O–H groups in total. The van der Waals surface area contributed by atoms with Crippen LogP contribution in [0.25, 0.3) is 0 Å². The number of halogens is 9. The van der Waals surface area contributed by atoms with Gasteiger partial charge in [-0.3, -0.25) is 4.74 Å². The first-order valence-electron chi connectivity index (χ1n) is 5.94. The Morgan fingerprint density at radius 1 is 1.10 bits per heavy atom. The third kappa shape index (κ3) is 2.12. The van der Waals surface area contributed by atoms with Gasteiger partial charge < -0.3 is 0 Å². The van der Waals surface area contributed by atoms with Crippen molar-refractivity contribution in [3.63, 3.8) is 0 Å². The van der Waals surface area contributed by atoms with Crippen LogP contribution in [0.3, 0.4) is 0 Å². The average Bonchev–Trinajstić information content (AvgIpc) is 2.48. The van der Waals surface area contributed by atoms with Gasteiger partial charge in [-0.2, -0.15) is 17.6 Å². The van der Waals surface area contributed by atoms with Crippen LogP contribution in [0.2, 0.25) is 0 Å². The summed E-state index contributed by atoms with van der Waals surface area (Å²) in [5, 5.41) is 0. The van der Waals surface area contributed by atoms with Gasteiger partial charge in [0.2, 0.25) is 5.67 Å². The topological polar surface area (TPSA) is 9.23 Å². The molecule has 0 spiro atoms. The zero-order chi connectivity index (χ0) is 16.9. The molecule has 0 heterocycles. The summed E-state index contributed by atoms with van der Waals surface area (Å²) in [5.41, 5.74) is -9.92. The fourth-order valence-electron chi connectivity index (χ4n) is 2.70. The van der Waals surface area contributed by atoms with E-state index in [-0.39, 0.29) is 6.92 Å².